The summed E-state index contributed by atoms with van der Waals surface area (Å²) in [6.45, 7) is 1.85. The summed E-state index contributed by atoms with van der Waals surface area (Å²) < 4.78 is 0.463. The molecule has 1 aromatic carbocycles. The Morgan fingerprint density at radius 3 is 2.71 bits per heavy atom. The highest BCUT2D eigenvalue weighted by atomic mass is 35.5. The van der Waals surface area contributed by atoms with Crippen LogP contribution in [0, 0.1) is 0 Å². The Morgan fingerprint density at radius 1 is 1.35 bits per heavy atom. The molecule has 17 heavy (non-hydrogen) atoms. The van der Waals surface area contributed by atoms with Gasteiger partial charge in [-0.1, -0.05) is 29.6 Å². The lowest BCUT2D eigenvalue weighted by molar-refractivity contribution is 0.345. The number of halogens is 2. The molecule has 0 aliphatic heterocycles. The lowest BCUT2D eigenvalue weighted by atomic mass is 9.84. The SMILES string of the molecule is CSC1(CNCc2cc(Cl)ccc2Cl)CCC1. The summed E-state index contributed by atoms with van der Waals surface area (Å²) in [5, 5.41) is 5.03. The van der Waals surface area contributed by atoms with E-state index in [0.717, 1.165) is 28.7 Å². The monoisotopic (exact) mass is 289 g/mol. The first kappa shape index (κ1) is 13.5. The number of hydrogen-bond acceptors (Lipinski definition) is 2. The highest BCUT2D eigenvalue weighted by Crippen LogP contribution is 2.42. The second-order valence-corrected chi connectivity index (χ2v) is 6.70. The van der Waals surface area contributed by atoms with Crippen LogP contribution in [0.1, 0.15) is 24.8 Å². The minimum Gasteiger partial charge on any atom is -0.311 e. The van der Waals surface area contributed by atoms with Gasteiger partial charge in [0.15, 0.2) is 0 Å². The maximum absolute atomic E-state index is 6.12. The zero-order chi connectivity index (χ0) is 12.3. The van der Waals surface area contributed by atoms with Crippen molar-refractivity contribution < 1.29 is 0 Å². The van der Waals surface area contributed by atoms with E-state index in [0.29, 0.717) is 4.75 Å². The van der Waals surface area contributed by atoms with Crippen molar-refractivity contribution in [3.05, 3.63) is 33.8 Å². The second kappa shape index (κ2) is 5.83. The van der Waals surface area contributed by atoms with Gasteiger partial charge in [0.1, 0.15) is 0 Å². The molecule has 1 N–H and O–H groups in total. The Hall–Kier alpha value is 0.110. The molecule has 1 aliphatic carbocycles. The fourth-order valence-electron chi connectivity index (χ4n) is 2.13. The molecule has 0 heterocycles. The standard InChI is InChI=1S/C13H17Cl2NS/c1-17-13(5-2-6-13)9-16-8-10-7-11(14)3-4-12(10)15/h3-4,7,16H,2,5-6,8-9H2,1H3. The van der Waals surface area contributed by atoms with Crippen molar-refractivity contribution in [1.29, 1.82) is 0 Å². The van der Waals surface area contributed by atoms with Crippen molar-refractivity contribution in [2.75, 3.05) is 12.8 Å². The quantitative estimate of drug-likeness (QED) is 0.864. The number of hydrogen-bond donors (Lipinski definition) is 1. The largest absolute Gasteiger partial charge is 0.311 e. The van der Waals surface area contributed by atoms with Gasteiger partial charge in [0.25, 0.3) is 0 Å². The van der Waals surface area contributed by atoms with E-state index in [-0.39, 0.29) is 0 Å². The summed E-state index contributed by atoms with van der Waals surface area (Å²) in [7, 11) is 0. The Bertz CT molecular complexity index is 385. The van der Waals surface area contributed by atoms with Crippen LogP contribution < -0.4 is 5.32 Å². The molecule has 0 spiro atoms. The van der Waals surface area contributed by atoms with Gasteiger partial charge in [-0.15, -0.1) is 0 Å². The van der Waals surface area contributed by atoms with E-state index in [2.05, 4.69) is 11.6 Å². The molecular formula is C13H17Cl2NS. The normalized spacial score (nSPS) is 17.8. The van der Waals surface area contributed by atoms with Gasteiger partial charge in [-0.3, -0.25) is 0 Å². The molecule has 1 saturated carbocycles. The molecule has 0 amide bonds. The summed E-state index contributed by atoms with van der Waals surface area (Å²) >= 11 is 14.1. The number of benzene rings is 1. The van der Waals surface area contributed by atoms with Crippen molar-refractivity contribution in [3.63, 3.8) is 0 Å². The highest BCUT2D eigenvalue weighted by molar-refractivity contribution is 8.00. The third-order valence-corrected chi connectivity index (χ3v) is 5.49. The van der Waals surface area contributed by atoms with Crippen LogP contribution in [0.15, 0.2) is 18.2 Å². The summed E-state index contributed by atoms with van der Waals surface area (Å²) in [5.74, 6) is 0. The maximum atomic E-state index is 6.12. The third kappa shape index (κ3) is 3.31. The molecule has 94 valence electrons. The Kier molecular flexibility index (Phi) is 4.65. The predicted molar refractivity (Wildman–Crippen MR) is 78.3 cm³/mol. The van der Waals surface area contributed by atoms with Crippen LogP contribution in [0.25, 0.3) is 0 Å². The van der Waals surface area contributed by atoms with Crippen LogP contribution >= 0.6 is 35.0 Å². The molecule has 4 heteroatoms. The van der Waals surface area contributed by atoms with E-state index < -0.39 is 0 Å². The molecule has 1 nitrogen and oxygen atoms in total. The minimum atomic E-state index is 0.463. The van der Waals surface area contributed by atoms with Crippen molar-refractivity contribution >= 4 is 35.0 Å². The van der Waals surface area contributed by atoms with Crippen LogP contribution in [0.2, 0.25) is 10.0 Å². The predicted octanol–water partition coefficient (Wildman–Crippen LogP) is 4.37. The van der Waals surface area contributed by atoms with Gasteiger partial charge in [0.05, 0.1) is 0 Å². The minimum absolute atomic E-state index is 0.463. The van der Waals surface area contributed by atoms with Crippen LogP contribution in [-0.4, -0.2) is 17.5 Å². The molecule has 2 rings (SSSR count). The first-order chi connectivity index (χ1) is 8.15. The van der Waals surface area contributed by atoms with Crippen molar-refractivity contribution in [1.82, 2.24) is 5.32 Å². The zero-order valence-corrected chi connectivity index (χ0v) is 12.3. The van der Waals surface area contributed by atoms with E-state index in [1.807, 2.05) is 30.0 Å². The topological polar surface area (TPSA) is 12.0 Å². The molecular weight excluding hydrogens is 273 g/mol. The summed E-state index contributed by atoms with van der Waals surface area (Å²) in [6, 6.07) is 5.61. The van der Waals surface area contributed by atoms with Crippen LogP contribution in [0.5, 0.6) is 0 Å². The Morgan fingerprint density at radius 2 is 2.12 bits per heavy atom. The molecule has 0 atom stereocenters. The molecule has 0 saturated heterocycles. The maximum Gasteiger partial charge on any atom is 0.0451 e. The first-order valence-corrected chi connectivity index (χ1v) is 7.83. The Balaban J connectivity index is 1.87. The highest BCUT2D eigenvalue weighted by Gasteiger charge is 2.35. The second-order valence-electron chi connectivity index (χ2n) is 4.58. The summed E-state index contributed by atoms with van der Waals surface area (Å²) in [4.78, 5) is 0. The number of rotatable bonds is 5. The molecule has 0 aromatic heterocycles. The van der Waals surface area contributed by atoms with Gasteiger partial charge in [-0.2, -0.15) is 11.8 Å². The van der Waals surface area contributed by atoms with Gasteiger partial charge in [0, 0.05) is 27.9 Å². The van der Waals surface area contributed by atoms with Gasteiger partial charge in [-0.05, 0) is 42.9 Å². The zero-order valence-electron chi connectivity index (χ0n) is 9.93. The smallest absolute Gasteiger partial charge is 0.0451 e. The average Bonchev–Trinajstić information content (AvgIpc) is 2.27. The van der Waals surface area contributed by atoms with Crippen LogP contribution in [0.3, 0.4) is 0 Å². The third-order valence-electron chi connectivity index (χ3n) is 3.47. The lowest BCUT2D eigenvalue weighted by Crippen LogP contribution is -2.43. The van der Waals surface area contributed by atoms with Crippen LogP contribution in [0.4, 0.5) is 0 Å². The molecule has 0 unspecified atom stereocenters. The van der Waals surface area contributed by atoms with E-state index in [4.69, 9.17) is 23.2 Å². The number of nitrogens with one attached hydrogen (secondary N) is 1. The fraction of sp³-hybridized carbons (Fsp3) is 0.538. The first-order valence-electron chi connectivity index (χ1n) is 5.85. The van der Waals surface area contributed by atoms with Gasteiger partial charge < -0.3 is 5.32 Å². The summed E-state index contributed by atoms with van der Waals surface area (Å²) in [5.41, 5.74) is 1.08. The van der Waals surface area contributed by atoms with E-state index in [1.54, 1.807) is 0 Å². The molecule has 1 aromatic rings. The molecule has 0 radical (unpaired) electrons. The van der Waals surface area contributed by atoms with Gasteiger partial charge in [0.2, 0.25) is 0 Å². The molecule has 1 aliphatic rings. The molecule has 0 bridgehead atoms. The van der Waals surface area contributed by atoms with E-state index in [9.17, 15) is 0 Å². The van der Waals surface area contributed by atoms with Crippen LogP contribution in [-0.2, 0) is 6.54 Å². The van der Waals surface area contributed by atoms with Gasteiger partial charge >= 0.3 is 0 Å². The van der Waals surface area contributed by atoms with Gasteiger partial charge in [-0.25, -0.2) is 0 Å². The summed E-state index contributed by atoms with van der Waals surface area (Å²) in [6.07, 6.45) is 6.21. The average molecular weight is 290 g/mol. The Labute approximate surface area is 117 Å². The fourth-order valence-corrected chi connectivity index (χ4v) is 3.45. The van der Waals surface area contributed by atoms with Crippen molar-refractivity contribution in [3.8, 4) is 0 Å². The lowest BCUT2D eigenvalue weighted by Gasteiger charge is -2.40. The van der Waals surface area contributed by atoms with E-state index in [1.165, 1.54) is 19.3 Å². The molecule has 1 fully saturated rings. The number of thioether (sulfide) groups is 1. The van der Waals surface area contributed by atoms with Crippen molar-refractivity contribution in [2.24, 2.45) is 0 Å². The van der Waals surface area contributed by atoms with E-state index >= 15 is 0 Å². The van der Waals surface area contributed by atoms with Crippen molar-refractivity contribution in [2.45, 2.75) is 30.6 Å².